The minimum absolute atomic E-state index is 0.823. The lowest BCUT2D eigenvalue weighted by atomic mass is 9.96. The zero-order valence-corrected chi connectivity index (χ0v) is 12.2. The van der Waals surface area contributed by atoms with Crippen LogP contribution >= 0.6 is 0 Å². The van der Waals surface area contributed by atoms with Gasteiger partial charge in [-0.3, -0.25) is 0 Å². The molecule has 1 N–H and O–H groups in total. The van der Waals surface area contributed by atoms with Crippen LogP contribution in [-0.4, -0.2) is 36.9 Å². The van der Waals surface area contributed by atoms with Crippen molar-refractivity contribution < 1.29 is 0 Å². The maximum absolute atomic E-state index is 4.32. The fourth-order valence-corrected chi connectivity index (χ4v) is 2.61. The molecule has 0 aromatic carbocycles. The summed E-state index contributed by atoms with van der Waals surface area (Å²) in [7, 11) is 2.11. The molecular weight excluding hydrogens is 236 g/mol. The Morgan fingerprint density at radius 1 is 1.37 bits per heavy atom. The summed E-state index contributed by atoms with van der Waals surface area (Å²) >= 11 is 0. The van der Waals surface area contributed by atoms with Crippen LogP contribution in [0.4, 0.5) is 5.82 Å². The molecule has 1 atom stereocenters. The Hall–Kier alpha value is -1.16. The Bertz CT molecular complexity index is 357. The van der Waals surface area contributed by atoms with Gasteiger partial charge in [-0.1, -0.05) is 13.3 Å². The van der Waals surface area contributed by atoms with Crippen molar-refractivity contribution in [3.8, 4) is 0 Å². The first-order chi connectivity index (χ1) is 9.29. The topological polar surface area (TPSA) is 41.0 Å². The van der Waals surface area contributed by atoms with E-state index in [1.54, 1.807) is 0 Å². The van der Waals surface area contributed by atoms with E-state index < -0.39 is 0 Å². The summed E-state index contributed by atoms with van der Waals surface area (Å²) in [6.45, 7) is 5.60. The molecule has 106 valence electrons. The van der Waals surface area contributed by atoms with Gasteiger partial charge >= 0.3 is 0 Å². The molecule has 1 aromatic heterocycles. The molecule has 2 rings (SSSR count). The van der Waals surface area contributed by atoms with Gasteiger partial charge in [-0.2, -0.15) is 5.10 Å². The minimum Gasteiger partial charge on any atom is -0.358 e. The third kappa shape index (κ3) is 4.46. The van der Waals surface area contributed by atoms with Crippen molar-refractivity contribution in [1.82, 2.24) is 15.5 Å². The highest BCUT2D eigenvalue weighted by molar-refractivity contribution is 5.35. The predicted octanol–water partition coefficient (Wildman–Crippen LogP) is 2.25. The SMILES string of the molecule is CCCc1ccc(N(C)CCC2CCCNC2)nn1. The molecule has 4 heteroatoms. The van der Waals surface area contributed by atoms with Crippen LogP contribution in [0.3, 0.4) is 0 Å². The standard InChI is InChI=1S/C15H26N4/c1-3-5-14-7-8-15(18-17-14)19(2)11-9-13-6-4-10-16-12-13/h7-8,13,16H,3-6,9-12H2,1-2H3. The van der Waals surface area contributed by atoms with Gasteiger partial charge in [-0.15, -0.1) is 5.10 Å². The first-order valence-corrected chi connectivity index (χ1v) is 7.54. The molecule has 0 bridgehead atoms. The summed E-state index contributed by atoms with van der Waals surface area (Å²) in [6, 6.07) is 4.20. The Labute approximate surface area is 116 Å². The lowest BCUT2D eigenvalue weighted by molar-refractivity contribution is 0.360. The second-order valence-electron chi connectivity index (χ2n) is 5.56. The van der Waals surface area contributed by atoms with Crippen molar-refractivity contribution in [2.75, 3.05) is 31.6 Å². The van der Waals surface area contributed by atoms with Gasteiger partial charge in [-0.05, 0) is 56.8 Å². The third-order valence-corrected chi connectivity index (χ3v) is 3.87. The van der Waals surface area contributed by atoms with Crippen LogP contribution < -0.4 is 10.2 Å². The highest BCUT2D eigenvalue weighted by atomic mass is 15.2. The average molecular weight is 262 g/mol. The van der Waals surface area contributed by atoms with E-state index in [-0.39, 0.29) is 0 Å². The zero-order valence-electron chi connectivity index (χ0n) is 12.2. The first-order valence-electron chi connectivity index (χ1n) is 7.54. The van der Waals surface area contributed by atoms with E-state index in [4.69, 9.17) is 0 Å². The number of anilines is 1. The Morgan fingerprint density at radius 2 is 2.26 bits per heavy atom. The molecule has 1 aromatic rings. The van der Waals surface area contributed by atoms with Crippen LogP contribution in [0.1, 0.15) is 38.3 Å². The molecule has 1 aliphatic heterocycles. The zero-order chi connectivity index (χ0) is 13.5. The van der Waals surface area contributed by atoms with Crippen LogP contribution in [0.15, 0.2) is 12.1 Å². The molecular formula is C15H26N4. The Kier molecular flexibility index (Phi) is 5.58. The largest absolute Gasteiger partial charge is 0.358 e. The summed E-state index contributed by atoms with van der Waals surface area (Å²) in [5, 5.41) is 12.1. The molecule has 1 unspecified atom stereocenters. The summed E-state index contributed by atoms with van der Waals surface area (Å²) in [4.78, 5) is 2.22. The smallest absolute Gasteiger partial charge is 0.150 e. The van der Waals surface area contributed by atoms with Gasteiger partial charge < -0.3 is 10.2 Å². The van der Waals surface area contributed by atoms with Gasteiger partial charge in [0.25, 0.3) is 0 Å². The average Bonchev–Trinajstić information content (AvgIpc) is 2.47. The van der Waals surface area contributed by atoms with Crippen molar-refractivity contribution in [3.63, 3.8) is 0 Å². The quantitative estimate of drug-likeness (QED) is 0.854. The van der Waals surface area contributed by atoms with Crippen molar-refractivity contribution in [3.05, 3.63) is 17.8 Å². The van der Waals surface area contributed by atoms with Crippen LogP contribution in [0, 0.1) is 5.92 Å². The van der Waals surface area contributed by atoms with Gasteiger partial charge in [0.2, 0.25) is 0 Å². The van der Waals surface area contributed by atoms with E-state index in [0.29, 0.717) is 0 Å². The van der Waals surface area contributed by atoms with Gasteiger partial charge in [0.15, 0.2) is 5.82 Å². The summed E-state index contributed by atoms with van der Waals surface area (Å²) in [5.74, 6) is 1.81. The van der Waals surface area contributed by atoms with Crippen molar-refractivity contribution in [1.29, 1.82) is 0 Å². The molecule has 1 aliphatic rings. The maximum atomic E-state index is 4.32. The number of aryl methyl sites for hydroxylation is 1. The maximum Gasteiger partial charge on any atom is 0.150 e. The Morgan fingerprint density at radius 3 is 2.89 bits per heavy atom. The molecule has 4 nitrogen and oxygen atoms in total. The van der Waals surface area contributed by atoms with Gasteiger partial charge in [0.05, 0.1) is 5.69 Å². The van der Waals surface area contributed by atoms with Gasteiger partial charge in [0.1, 0.15) is 0 Å². The fraction of sp³-hybridized carbons (Fsp3) is 0.733. The number of rotatable bonds is 6. The van der Waals surface area contributed by atoms with Crippen LogP contribution in [0.5, 0.6) is 0 Å². The predicted molar refractivity (Wildman–Crippen MR) is 79.5 cm³/mol. The highest BCUT2D eigenvalue weighted by Crippen LogP contribution is 2.16. The van der Waals surface area contributed by atoms with Crippen LogP contribution in [0.25, 0.3) is 0 Å². The molecule has 2 heterocycles. The monoisotopic (exact) mass is 262 g/mol. The van der Waals surface area contributed by atoms with Crippen LogP contribution in [-0.2, 0) is 6.42 Å². The van der Waals surface area contributed by atoms with E-state index in [0.717, 1.165) is 36.8 Å². The normalized spacial score (nSPS) is 19.4. The highest BCUT2D eigenvalue weighted by Gasteiger charge is 2.14. The summed E-state index contributed by atoms with van der Waals surface area (Å²) < 4.78 is 0. The van der Waals surface area contributed by atoms with Gasteiger partial charge in [-0.25, -0.2) is 0 Å². The molecule has 1 saturated heterocycles. The third-order valence-electron chi connectivity index (χ3n) is 3.87. The van der Waals surface area contributed by atoms with Crippen molar-refractivity contribution in [2.24, 2.45) is 5.92 Å². The number of nitrogens with one attached hydrogen (secondary N) is 1. The molecule has 19 heavy (non-hydrogen) atoms. The summed E-state index contributed by atoms with van der Waals surface area (Å²) in [5.41, 5.74) is 1.09. The number of nitrogens with zero attached hydrogens (tertiary/aromatic N) is 3. The second-order valence-corrected chi connectivity index (χ2v) is 5.56. The van der Waals surface area contributed by atoms with E-state index in [2.05, 4.69) is 46.5 Å². The van der Waals surface area contributed by atoms with E-state index in [1.807, 2.05) is 0 Å². The fourth-order valence-electron chi connectivity index (χ4n) is 2.61. The van der Waals surface area contributed by atoms with Crippen LogP contribution in [0.2, 0.25) is 0 Å². The summed E-state index contributed by atoms with van der Waals surface area (Å²) in [6.07, 6.45) is 6.06. The van der Waals surface area contributed by atoms with Gasteiger partial charge in [0, 0.05) is 13.6 Å². The van der Waals surface area contributed by atoms with E-state index in [9.17, 15) is 0 Å². The molecule has 0 aliphatic carbocycles. The van der Waals surface area contributed by atoms with E-state index >= 15 is 0 Å². The lowest BCUT2D eigenvalue weighted by Gasteiger charge is -2.25. The molecule has 1 fully saturated rings. The lowest BCUT2D eigenvalue weighted by Crippen LogP contribution is -2.32. The number of hydrogen-bond acceptors (Lipinski definition) is 4. The van der Waals surface area contributed by atoms with Crippen molar-refractivity contribution in [2.45, 2.75) is 39.0 Å². The molecule has 0 saturated carbocycles. The second kappa shape index (κ2) is 7.43. The number of piperidine rings is 1. The molecule has 0 amide bonds. The number of hydrogen-bond donors (Lipinski definition) is 1. The molecule has 0 spiro atoms. The van der Waals surface area contributed by atoms with Crippen molar-refractivity contribution >= 4 is 5.82 Å². The molecule has 0 radical (unpaired) electrons. The Balaban J connectivity index is 1.79. The minimum atomic E-state index is 0.823. The van der Waals surface area contributed by atoms with E-state index in [1.165, 1.54) is 32.4 Å². The number of aromatic nitrogens is 2. The first kappa shape index (κ1) is 14.3.